The van der Waals surface area contributed by atoms with Crippen LogP contribution in [-0.2, 0) is 9.59 Å². The second kappa shape index (κ2) is 8.30. The van der Waals surface area contributed by atoms with E-state index in [0.717, 1.165) is 30.8 Å². The van der Waals surface area contributed by atoms with E-state index in [-0.39, 0.29) is 32.4 Å². The van der Waals surface area contributed by atoms with Gasteiger partial charge in [-0.05, 0) is 43.2 Å². The largest absolute Gasteiger partial charge is 0.350 e. The molecule has 9 heteroatoms. The molecule has 2 aromatic carbocycles. The van der Waals surface area contributed by atoms with Gasteiger partial charge in [-0.15, -0.1) is 0 Å². The van der Waals surface area contributed by atoms with Gasteiger partial charge in [0.15, 0.2) is 0 Å². The Morgan fingerprint density at radius 3 is 2.37 bits per heavy atom. The van der Waals surface area contributed by atoms with Crippen molar-refractivity contribution in [3.63, 3.8) is 0 Å². The zero-order chi connectivity index (χ0) is 21.4. The van der Waals surface area contributed by atoms with Gasteiger partial charge in [-0.25, -0.2) is 4.90 Å². The normalized spacial score (nSPS) is 16.6. The summed E-state index contributed by atoms with van der Waals surface area (Å²) >= 11 is 18.4. The van der Waals surface area contributed by atoms with Crippen LogP contribution in [0.15, 0.2) is 53.2 Å². The highest BCUT2D eigenvalue weighted by Gasteiger charge is 2.40. The molecule has 2 aliphatic rings. The minimum absolute atomic E-state index is 0.0719. The SMILES string of the molecule is O=C(c1cccc(NC2=C(Cl)C(=O)N(c3cccc(Cl)c3Cl)C2=O)c1)N1CCCC1. The van der Waals surface area contributed by atoms with Crippen LogP contribution in [0.1, 0.15) is 23.2 Å². The van der Waals surface area contributed by atoms with E-state index < -0.39 is 11.8 Å². The molecule has 0 spiro atoms. The molecule has 154 valence electrons. The number of halogens is 3. The number of amides is 3. The summed E-state index contributed by atoms with van der Waals surface area (Å²) < 4.78 is 0. The Balaban J connectivity index is 1.60. The molecule has 0 atom stereocenters. The number of nitrogens with one attached hydrogen (secondary N) is 1. The number of hydrogen-bond donors (Lipinski definition) is 1. The van der Waals surface area contributed by atoms with E-state index >= 15 is 0 Å². The Bertz CT molecular complexity index is 1090. The molecule has 0 unspecified atom stereocenters. The number of likely N-dealkylation sites (tertiary alicyclic amines) is 1. The third-order valence-electron chi connectivity index (χ3n) is 4.97. The predicted octanol–water partition coefficient (Wildman–Crippen LogP) is 4.67. The van der Waals surface area contributed by atoms with Crippen molar-refractivity contribution in [1.29, 1.82) is 0 Å². The standard InChI is InChI=1S/C21H16Cl3N3O3/c22-14-7-4-8-15(16(14)23)27-20(29)17(24)18(21(27)30)25-13-6-3-5-12(11-13)19(28)26-9-1-2-10-26/h3-8,11,25H,1-2,9-10H2. The quantitative estimate of drug-likeness (QED) is 0.668. The lowest BCUT2D eigenvalue weighted by Crippen LogP contribution is -2.32. The maximum Gasteiger partial charge on any atom is 0.283 e. The fourth-order valence-electron chi connectivity index (χ4n) is 3.47. The Hall–Kier alpha value is -2.54. The molecule has 1 fully saturated rings. The first kappa shape index (κ1) is 20.7. The van der Waals surface area contributed by atoms with Gasteiger partial charge in [0.05, 0.1) is 15.7 Å². The molecule has 0 aliphatic carbocycles. The van der Waals surface area contributed by atoms with Gasteiger partial charge in [0.2, 0.25) is 0 Å². The highest BCUT2D eigenvalue weighted by atomic mass is 35.5. The second-order valence-corrected chi connectivity index (χ2v) is 8.08. The first-order valence-electron chi connectivity index (χ1n) is 9.27. The molecule has 0 bridgehead atoms. The third kappa shape index (κ3) is 3.67. The van der Waals surface area contributed by atoms with Gasteiger partial charge in [0, 0.05) is 24.3 Å². The summed E-state index contributed by atoms with van der Waals surface area (Å²) in [5.74, 6) is -1.44. The molecule has 0 radical (unpaired) electrons. The van der Waals surface area contributed by atoms with E-state index in [1.807, 2.05) is 0 Å². The summed E-state index contributed by atoms with van der Waals surface area (Å²) in [6.07, 6.45) is 1.98. The summed E-state index contributed by atoms with van der Waals surface area (Å²) in [5.41, 5.74) is 1.01. The number of imide groups is 1. The maximum atomic E-state index is 12.9. The number of benzene rings is 2. The van der Waals surface area contributed by atoms with Crippen LogP contribution in [0.2, 0.25) is 10.0 Å². The maximum absolute atomic E-state index is 12.9. The van der Waals surface area contributed by atoms with Gasteiger partial charge >= 0.3 is 0 Å². The lowest BCUT2D eigenvalue weighted by molar-refractivity contribution is -0.120. The number of carbonyl (C=O) groups excluding carboxylic acids is 3. The summed E-state index contributed by atoms with van der Waals surface area (Å²) in [5, 5.41) is 2.89. The first-order valence-corrected chi connectivity index (χ1v) is 10.4. The van der Waals surface area contributed by atoms with E-state index in [0.29, 0.717) is 11.3 Å². The van der Waals surface area contributed by atoms with Crippen LogP contribution in [0, 0.1) is 0 Å². The molecule has 30 heavy (non-hydrogen) atoms. The van der Waals surface area contributed by atoms with Crippen LogP contribution < -0.4 is 10.2 Å². The molecule has 6 nitrogen and oxygen atoms in total. The van der Waals surface area contributed by atoms with Crippen molar-refractivity contribution in [2.24, 2.45) is 0 Å². The summed E-state index contributed by atoms with van der Waals surface area (Å²) in [6, 6.07) is 11.4. The number of carbonyl (C=O) groups is 3. The monoisotopic (exact) mass is 463 g/mol. The predicted molar refractivity (Wildman–Crippen MR) is 117 cm³/mol. The minimum Gasteiger partial charge on any atom is -0.350 e. The molecule has 0 saturated carbocycles. The third-order valence-corrected chi connectivity index (χ3v) is 6.13. The van der Waals surface area contributed by atoms with E-state index in [1.54, 1.807) is 41.3 Å². The van der Waals surface area contributed by atoms with Gasteiger partial charge < -0.3 is 10.2 Å². The molecule has 0 aromatic heterocycles. The number of nitrogens with zero attached hydrogens (tertiary/aromatic N) is 2. The van der Waals surface area contributed by atoms with Crippen LogP contribution >= 0.6 is 34.8 Å². The minimum atomic E-state index is -0.711. The van der Waals surface area contributed by atoms with E-state index in [9.17, 15) is 14.4 Å². The molecule has 1 saturated heterocycles. The molecule has 1 N–H and O–H groups in total. The van der Waals surface area contributed by atoms with Gasteiger partial charge in [-0.3, -0.25) is 14.4 Å². The Morgan fingerprint density at radius 1 is 0.933 bits per heavy atom. The summed E-state index contributed by atoms with van der Waals surface area (Å²) in [6.45, 7) is 1.46. The van der Waals surface area contributed by atoms with Crippen molar-refractivity contribution in [3.8, 4) is 0 Å². The highest BCUT2D eigenvalue weighted by molar-refractivity contribution is 6.54. The zero-order valence-electron chi connectivity index (χ0n) is 15.6. The fourth-order valence-corrected chi connectivity index (χ4v) is 4.07. The molecular weight excluding hydrogens is 449 g/mol. The average molecular weight is 465 g/mol. The van der Waals surface area contributed by atoms with E-state index in [2.05, 4.69) is 5.32 Å². The van der Waals surface area contributed by atoms with Crippen molar-refractivity contribution in [2.45, 2.75) is 12.8 Å². The Labute approximate surface area is 188 Å². The number of anilines is 2. The summed E-state index contributed by atoms with van der Waals surface area (Å²) in [7, 11) is 0. The van der Waals surface area contributed by atoms with Gasteiger partial charge in [0.25, 0.3) is 17.7 Å². The zero-order valence-corrected chi connectivity index (χ0v) is 17.9. The van der Waals surface area contributed by atoms with Gasteiger partial charge in [-0.2, -0.15) is 0 Å². The Kier molecular flexibility index (Phi) is 5.73. The molecule has 2 aliphatic heterocycles. The first-order chi connectivity index (χ1) is 14.4. The van der Waals surface area contributed by atoms with Crippen LogP contribution in [-0.4, -0.2) is 35.7 Å². The van der Waals surface area contributed by atoms with Crippen LogP contribution in [0.25, 0.3) is 0 Å². The van der Waals surface area contributed by atoms with E-state index in [1.165, 1.54) is 6.07 Å². The van der Waals surface area contributed by atoms with Crippen LogP contribution in [0.5, 0.6) is 0 Å². The van der Waals surface area contributed by atoms with Crippen molar-refractivity contribution in [3.05, 3.63) is 68.8 Å². The van der Waals surface area contributed by atoms with Crippen molar-refractivity contribution >= 4 is 63.9 Å². The summed E-state index contributed by atoms with van der Waals surface area (Å²) in [4.78, 5) is 40.9. The number of rotatable bonds is 4. The van der Waals surface area contributed by atoms with Crippen molar-refractivity contribution in [2.75, 3.05) is 23.3 Å². The fraction of sp³-hybridized carbons (Fsp3) is 0.190. The molecule has 2 aromatic rings. The topological polar surface area (TPSA) is 69.7 Å². The lowest BCUT2D eigenvalue weighted by Gasteiger charge is -2.17. The van der Waals surface area contributed by atoms with Gasteiger partial charge in [-0.1, -0.05) is 46.9 Å². The van der Waals surface area contributed by atoms with Crippen molar-refractivity contribution < 1.29 is 14.4 Å². The lowest BCUT2D eigenvalue weighted by atomic mass is 10.1. The van der Waals surface area contributed by atoms with E-state index in [4.69, 9.17) is 34.8 Å². The highest BCUT2D eigenvalue weighted by Crippen LogP contribution is 2.37. The Morgan fingerprint density at radius 2 is 1.63 bits per heavy atom. The van der Waals surface area contributed by atoms with Gasteiger partial charge in [0.1, 0.15) is 10.7 Å². The second-order valence-electron chi connectivity index (χ2n) is 6.91. The van der Waals surface area contributed by atoms with Crippen LogP contribution in [0.3, 0.4) is 0 Å². The average Bonchev–Trinajstić information content (AvgIpc) is 3.34. The number of hydrogen-bond acceptors (Lipinski definition) is 4. The molecule has 4 rings (SSSR count). The van der Waals surface area contributed by atoms with Crippen molar-refractivity contribution in [1.82, 2.24) is 4.90 Å². The smallest absolute Gasteiger partial charge is 0.283 e. The van der Waals surface area contributed by atoms with Crippen LogP contribution in [0.4, 0.5) is 11.4 Å². The molecule has 2 heterocycles. The molecule has 3 amide bonds. The molecular formula is C21H16Cl3N3O3.